The number of alkyl halides is 3. The van der Waals surface area contributed by atoms with Crippen molar-refractivity contribution in [3.63, 3.8) is 0 Å². The van der Waals surface area contributed by atoms with Crippen molar-refractivity contribution in [2.75, 3.05) is 17.7 Å². The number of halogens is 7. The molecule has 0 aliphatic carbocycles. The second-order valence-corrected chi connectivity index (χ2v) is 9.00. The Labute approximate surface area is 216 Å². The van der Waals surface area contributed by atoms with E-state index in [1.54, 1.807) is 41.7 Å². The maximum absolute atomic E-state index is 14.2. The van der Waals surface area contributed by atoms with Crippen LogP contribution >= 0.6 is 11.8 Å². The van der Waals surface area contributed by atoms with Crippen LogP contribution in [-0.4, -0.2) is 24.2 Å². The summed E-state index contributed by atoms with van der Waals surface area (Å²) in [5, 5.41) is 3.25. The summed E-state index contributed by atoms with van der Waals surface area (Å²) >= 11 is 0.891. The summed E-state index contributed by atoms with van der Waals surface area (Å²) in [4.78, 5) is 25.6. The molecule has 38 heavy (non-hydrogen) atoms. The molecule has 2 N–H and O–H groups in total. The summed E-state index contributed by atoms with van der Waals surface area (Å²) < 4.78 is 99.7. The predicted octanol–water partition coefficient (Wildman–Crippen LogP) is 7.03. The summed E-state index contributed by atoms with van der Waals surface area (Å²) in [5.74, 6) is -11.2. The Bertz CT molecular complexity index is 1340. The first-order chi connectivity index (χ1) is 17.9. The van der Waals surface area contributed by atoms with Gasteiger partial charge in [0, 0.05) is 16.1 Å². The Morgan fingerprint density at radius 3 is 2.13 bits per heavy atom. The molecule has 3 aromatic carbocycles. The summed E-state index contributed by atoms with van der Waals surface area (Å²) in [6, 6.07) is 12.6. The lowest BCUT2D eigenvalue weighted by molar-refractivity contribution is -0.143. The molecule has 0 saturated carbocycles. The van der Waals surface area contributed by atoms with Gasteiger partial charge in [0.1, 0.15) is 17.0 Å². The van der Waals surface area contributed by atoms with Crippen LogP contribution in [0.25, 0.3) is 0 Å². The van der Waals surface area contributed by atoms with Crippen molar-refractivity contribution in [1.29, 1.82) is 0 Å². The molecule has 0 aromatic heterocycles. The Balaban J connectivity index is 1.78. The Hall–Kier alpha value is -3.74. The van der Waals surface area contributed by atoms with E-state index >= 15 is 0 Å². The molecule has 0 spiro atoms. The van der Waals surface area contributed by atoms with Crippen LogP contribution in [0.4, 0.5) is 42.1 Å². The average molecular weight is 560 g/mol. The zero-order valence-electron chi connectivity index (χ0n) is 19.7. The third-order valence-electron chi connectivity index (χ3n) is 5.16. The highest BCUT2D eigenvalue weighted by Crippen LogP contribution is 2.39. The molecule has 0 heterocycles. The van der Waals surface area contributed by atoms with E-state index in [1.165, 1.54) is 26.2 Å². The van der Waals surface area contributed by atoms with Crippen molar-refractivity contribution >= 4 is 35.0 Å². The molecule has 0 radical (unpaired) electrons. The van der Waals surface area contributed by atoms with Crippen molar-refractivity contribution in [1.82, 2.24) is 0 Å². The lowest BCUT2D eigenvalue weighted by atomic mass is 10.1. The highest BCUT2D eigenvalue weighted by atomic mass is 32.2. The van der Waals surface area contributed by atoms with Crippen LogP contribution in [0.5, 0.6) is 5.75 Å². The van der Waals surface area contributed by atoms with Crippen molar-refractivity contribution in [3.05, 3.63) is 82.9 Å². The zero-order chi connectivity index (χ0) is 28.2. The van der Waals surface area contributed by atoms with Crippen LogP contribution in [0, 0.1) is 23.3 Å². The fourth-order valence-electron chi connectivity index (χ4n) is 3.30. The van der Waals surface area contributed by atoms with E-state index in [0.29, 0.717) is 21.9 Å². The molecule has 0 aliphatic rings. The molecule has 0 bridgehead atoms. The van der Waals surface area contributed by atoms with Gasteiger partial charge in [0.05, 0.1) is 12.4 Å². The molecule has 0 aliphatic heterocycles. The van der Waals surface area contributed by atoms with Crippen LogP contribution in [0.15, 0.2) is 53.4 Å². The van der Waals surface area contributed by atoms with Crippen LogP contribution in [-0.2, 0) is 11.0 Å². The third-order valence-corrected chi connectivity index (χ3v) is 6.52. The monoisotopic (exact) mass is 560 g/mol. The number of nitrogens with one attached hydrogen (secondary N) is 2. The maximum atomic E-state index is 14.2. The number of benzene rings is 3. The fourth-order valence-corrected chi connectivity index (χ4v) is 4.31. The molecule has 3 rings (SSSR count). The lowest BCUT2D eigenvalue weighted by Crippen LogP contribution is -2.27. The molecule has 0 saturated heterocycles. The van der Waals surface area contributed by atoms with Crippen LogP contribution in [0.1, 0.15) is 29.3 Å². The first-order valence-electron chi connectivity index (χ1n) is 10.8. The molecular weight excluding hydrogens is 541 g/mol. The van der Waals surface area contributed by atoms with Gasteiger partial charge >= 0.3 is 6.18 Å². The molecule has 13 heteroatoms. The maximum Gasteiger partial charge on any atom is 0.422 e. The van der Waals surface area contributed by atoms with Gasteiger partial charge in [-0.3, -0.25) is 9.59 Å². The first kappa shape index (κ1) is 28.8. The Morgan fingerprint density at radius 1 is 0.921 bits per heavy atom. The summed E-state index contributed by atoms with van der Waals surface area (Å²) in [6.07, 6.45) is -5.64. The topological polar surface area (TPSA) is 67.4 Å². The minimum Gasteiger partial charge on any atom is -0.497 e. The van der Waals surface area contributed by atoms with E-state index in [4.69, 9.17) is 4.74 Å². The van der Waals surface area contributed by atoms with Crippen LogP contribution in [0.3, 0.4) is 0 Å². The normalized spacial score (nSPS) is 12.1. The van der Waals surface area contributed by atoms with Crippen LogP contribution in [0.2, 0.25) is 0 Å². The predicted molar refractivity (Wildman–Crippen MR) is 127 cm³/mol. The number of ether oxygens (including phenoxy) is 1. The largest absolute Gasteiger partial charge is 0.497 e. The fraction of sp³-hybridized carbons (Fsp3) is 0.200. The molecule has 5 nitrogen and oxygen atoms in total. The molecule has 3 aromatic rings. The number of carbonyl (C=O) groups excluding carboxylic acids is 2. The SMILES string of the molecule is CCC(Sc1cccc(NC(=O)c2cccc(OC)c2)c1)C(=O)Nc1c(F)c(F)c(C(F)(F)F)c(F)c1F. The van der Waals surface area contributed by atoms with Crippen LogP contribution < -0.4 is 15.4 Å². The number of carbonyl (C=O) groups is 2. The van der Waals surface area contributed by atoms with Crippen molar-refractivity contribution in [2.24, 2.45) is 0 Å². The van der Waals surface area contributed by atoms with Crippen molar-refractivity contribution in [3.8, 4) is 5.75 Å². The summed E-state index contributed by atoms with van der Waals surface area (Å²) in [5.41, 5.74) is -3.74. The second kappa shape index (κ2) is 11.8. The highest BCUT2D eigenvalue weighted by Gasteiger charge is 2.42. The number of hydrogen-bond acceptors (Lipinski definition) is 4. The van der Waals surface area contributed by atoms with E-state index in [1.807, 2.05) is 0 Å². The number of hydrogen-bond donors (Lipinski definition) is 2. The quantitative estimate of drug-likeness (QED) is 0.176. The number of anilines is 2. The third kappa shape index (κ3) is 6.39. The smallest absolute Gasteiger partial charge is 0.422 e. The highest BCUT2D eigenvalue weighted by molar-refractivity contribution is 8.00. The van der Waals surface area contributed by atoms with E-state index in [9.17, 15) is 40.3 Å². The van der Waals surface area contributed by atoms with Gasteiger partial charge in [-0.1, -0.05) is 19.1 Å². The molecule has 0 fully saturated rings. The molecule has 1 atom stereocenters. The van der Waals surface area contributed by atoms with Gasteiger partial charge in [-0.15, -0.1) is 11.8 Å². The molecule has 202 valence electrons. The lowest BCUT2D eigenvalue weighted by Gasteiger charge is -2.18. The zero-order valence-corrected chi connectivity index (χ0v) is 20.5. The van der Waals surface area contributed by atoms with Gasteiger partial charge in [-0.25, -0.2) is 17.6 Å². The molecular formula is C25H19F7N2O3S. The Morgan fingerprint density at radius 2 is 1.55 bits per heavy atom. The van der Waals surface area contributed by atoms with E-state index < -0.39 is 57.8 Å². The number of rotatable bonds is 8. The van der Waals surface area contributed by atoms with E-state index in [0.717, 1.165) is 11.8 Å². The van der Waals surface area contributed by atoms with E-state index in [2.05, 4.69) is 5.32 Å². The van der Waals surface area contributed by atoms with Gasteiger partial charge in [0.15, 0.2) is 23.3 Å². The Kier molecular flexibility index (Phi) is 8.92. The summed E-state index contributed by atoms with van der Waals surface area (Å²) in [6.45, 7) is 1.53. The van der Waals surface area contributed by atoms with Gasteiger partial charge in [-0.05, 0) is 42.8 Å². The minimum atomic E-state index is -5.70. The van der Waals surface area contributed by atoms with Crippen molar-refractivity contribution in [2.45, 2.75) is 29.7 Å². The van der Waals surface area contributed by atoms with Gasteiger partial charge in [-0.2, -0.15) is 13.2 Å². The molecule has 1 unspecified atom stereocenters. The number of amides is 2. The number of thioether (sulfide) groups is 1. The van der Waals surface area contributed by atoms with Gasteiger partial charge < -0.3 is 15.4 Å². The van der Waals surface area contributed by atoms with Crippen molar-refractivity contribution < 1.29 is 45.1 Å². The standard InChI is InChI=1S/C25H19F7N2O3S/c1-3-16(24(36)34-22-20(28)18(26)17(25(30,31)32)19(27)21(22)29)38-15-9-5-7-13(11-15)33-23(35)12-6-4-8-14(10-12)37-2/h4-11,16H,3H2,1-2H3,(H,33,35)(H,34,36). The average Bonchev–Trinajstić information content (AvgIpc) is 2.88. The van der Waals surface area contributed by atoms with Gasteiger partial charge in [0.2, 0.25) is 5.91 Å². The van der Waals surface area contributed by atoms with E-state index in [-0.39, 0.29) is 6.42 Å². The number of methoxy groups -OCH3 is 1. The first-order valence-corrected chi connectivity index (χ1v) is 11.7. The molecule has 2 amide bonds. The van der Waals surface area contributed by atoms with Gasteiger partial charge in [0.25, 0.3) is 5.91 Å². The summed E-state index contributed by atoms with van der Waals surface area (Å²) in [7, 11) is 1.45. The second-order valence-electron chi connectivity index (χ2n) is 7.72. The minimum absolute atomic E-state index is 0.0612.